The van der Waals surface area contributed by atoms with Gasteiger partial charge in [0.2, 0.25) is 0 Å². The molecule has 2 aromatic heterocycles. The molecule has 2 unspecified atom stereocenters. The molecular weight excluding hydrogens is 823 g/mol. The largest absolute Gasteiger partial charge is 0.491 e. The van der Waals surface area contributed by atoms with Gasteiger partial charge in [-0.2, -0.15) is 10.5 Å². The molecule has 16 heteroatoms. The second-order valence-corrected chi connectivity index (χ2v) is 14.9. The molecule has 332 valence electrons. The Hall–Kier alpha value is -7.49. The Bertz CT molecular complexity index is 2690. The Balaban J connectivity index is 1.38. The lowest BCUT2D eigenvalue weighted by Crippen LogP contribution is -2.29. The second kappa shape index (κ2) is 23.8. The Kier molecular flexibility index (Phi) is 17.2. The van der Waals surface area contributed by atoms with Crippen LogP contribution in [-0.4, -0.2) is 117 Å². The Morgan fingerprint density at radius 2 is 1.34 bits per heavy atom. The highest BCUT2D eigenvalue weighted by molar-refractivity contribution is 5.73. The van der Waals surface area contributed by atoms with Crippen LogP contribution < -0.4 is 30.3 Å². The number of nitriles is 2. The minimum Gasteiger partial charge on any atom is -0.491 e. The highest BCUT2D eigenvalue weighted by atomic mass is 16.5. The molecule has 0 amide bonds. The summed E-state index contributed by atoms with van der Waals surface area (Å²) in [4.78, 5) is 26.3. The molecule has 0 bridgehead atoms. The lowest BCUT2D eigenvalue weighted by atomic mass is 10.1. The van der Waals surface area contributed by atoms with E-state index >= 15 is 0 Å². The maximum absolute atomic E-state index is 10.5. The number of ether oxygens (including phenoxy) is 3. The number of methoxy groups -OCH3 is 1. The smallest absolute Gasteiger partial charge is 0.345 e. The molecule has 4 aromatic carbocycles. The fraction of sp³-hybridized carbons (Fsp3) is 0.286. The first-order valence-electron chi connectivity index (χ1n) is 21.0. The van der Waals surface area contributed by atoms with Crippen molar-refractivity contribution in [3.63, 3.8) is 0 Å². The van der Waals surface area contributed by atoms with Crippen LogP contribution >= 0.6 is 0 Å². The highest BCUT2D eigenvalue weighted by Crippen LogP contribution is 2.33. The molecule has 0 spiro atoms. The van der Waals surface area contributed by atoms with Crippen LogP contribution in [0.5, 0.6) is 11.5 Å². The number of aliphatic hydroxyl groups excluding tert-OH is 2. The van der Waals surface area contributed by atoms with Crippen molar-refractivity contribution in [1.29, 1.82) is 10.5 Å². The van der Waals surface area contributed by atoms with Crippen LogP contribution in [0, 0.1) is 28.7 Å². The van der Waals surface area contributed by atoms with Crippen molar-refractivity contribution in [2.45, 2.75) is 18.6 Å². The van der Waals surface area contributed by atoms with Gasteiger partial charge in [-0.05, 0) is 61.4 Å². The number of benzene rings is 4. The molecule has 0 fully saturated rings. The number of hydrogen-bond acceptors (Lipinski definition) is 15. The molecule has 0 saturated heterocycles. The number of aromatic nitrogens is 4. The molecule has 2 heterocycles. The van der Waals surface area contributed by atoms with Crippen molar-refractivity contribution >= 4 is 17.3 Å². The molecule has 0 aliphatic heterocycles. The lowest BCUT2D eigenvalue weighted by molar-refractivity contribution is 0.108. The number of hydrogen-bond donors (Lipinski definition) is 5. The van der Waals surface area contributed by atoms with Gasteiger partial charge in [0.05, 0.1) is 48.2 Å². The average Bonchev–Trinajstić information content (AvgIpc) is 3.34. The zero-order chi connectivity index (χ0) is 46.0. The topological polar surface area (TPSA) is 211 Å². The Morgan fingerprint density at radius 3 is 2.03 bits per heavy atom. The van der Waals surface area contributed by atoms with Crippen molar-refractivity contribution in [2.75, 3.05) is 84.5 Å². The normalized spacial score (nSPS) is 11.6. The maximum atomic E-state index is 10.5. The summed E-state index contributed by atoms with van der Waals surface area (Å²) >= 11 is 0. The average molecular weight is 875 g/mol. The van der Waals surface area contributed by atoms with Gasteiger partial charge in [0.1, 0.15) is 54.1 Å². The summed E-state index contributed by atoms with van der Waals surface area (Å²) in [5.74, 6) is 3.03. The summed E-state index contributed by atoms with van der Waals surface area (Å²) < 4.78 is 17.2. The van der Waals surface area contributed by atoms with Crippen LogP contribution in [0.25, 0.3) is 50.1 Å². The number of nitrogens with zero attached hydrogens (tertiary/aromatic N) is 8. The fourth-order valence-corrected chi connectivity index (χ4v) is 6.52. The molecule has 5 N–H and O–H groups in total. The highest BCUT2D eigenvalue weighted by Gasteiger charge is 2.18. The van der Waals surface area contributed by atoms with Crippen LogP contribution in [0.3, 0.4) is 0 Å². The molecule has 0 aliphatic rings. The van der Waals surface area contributed by atoms with Crippen LogP contribution in [0.2, 0.25) is 0 Å². The Morgan fingerprint density at radius 1 is 0.708 bits per heavy atom. The first-order chi connectivity index (χ1) is 31.7. The standard InChI is InChI=1S/C49H52N11O5/c1-52-29-40(61)31-64-42-14-7-13-37(22-42)48-56-44(25-46(58-48)54-16-18-63-4)36-12-6-10-34(20-36)28-55-39-21-38(23-43(24-39)65-32-41(62)30-53-2)49-57-45(35-11-5-9-33(19-35)27-51)26-47(59-49)60(3)17-8-15-50/h5-7,9-14,19-26,40-41,52-53,61-62H,8,16-18,29-32H2,1-4H3,(H,54,56,58)/q+1. The van der Waals surface area contributed by atoms with Gasteiger partial charge >= 0.3 is 11.8 Å². The third-order valence-corrected chi connectivity index (χ3v) is 9.77. The van der Waals surface area contributed by atoms with E-state index in [9.17, 15) is 20.7 Å². The van der Waals surface area contributed by atoms with Gasteiger partial charge in [0, 0.05) is 80.8 Å². The monoisotopic (exact) mass is 874 g/mol. The van der Waals surface area contributed by atoms with Gasteiger partial charge in [-0.1, -0.05) is 36.4 Å². The summed E-state index contributed by atoms with van der Waals surface area (Å²) in [5.41, 5.74) is 5.71. The van der Waals surface area contributed by atoms with Crippen LogP contribution in [0.1, 0.15) is 17.5 Å². The van der Waals surface area contributed by atoms with Gasteiger partial charge in [0.15, 0.2) is 11.6 Å². The van der Waals surface area contributed by atoms with Gasteiger partial charge in [0.25, 0.3) is 0 Å². The maximum Gasteiger partial charge on any atom is 0.345 e. The van der Waals surface area contributed by atoms with E-state index in [4.69, 9.17) is 39.0 Å². The summed E-state index contributed by atoms with van der Waals surface area (Å²) in [6.07, 6.45) is -1.14. The molecular formula is C49H52N11O5+. The third kappa shape index (κ3) is 13.7. The van der Waals surface area contributed by atoms with E-state index in [1.807, 2.05) is 84.7 Å². The predicted molar refractivity (Wildman–Crippen MR) is 251 cm³/mol. The molecule has 6 aromatic rings. The molecule has 0 radical (unpaired) electrons. The molecule has 0 saturated carbocycles. The molecule has 2 atom stereocenters. The molecule has 65 heavy (non-hydrogen) atoms. The predicted octanol–water partition coefficient (Wildman–Crippen LogP) is 6.15. The van der Waals surface area contributed by atoms with Gasteiger partial charge in [-0.3, -0.25) is 0 Å². The van der Waals surface area contributed by atoms with Crippen molar-refractivity contribution in [1.82, 2.24) is 30.6 Å². The van der Waals surface area contributed by atoms with E-state index in [1.54, 1.807) is 51.5 Å². The van der Waals surface area contributed by atoms with Crippen molar-refractivity contribution in [3.05, 3.63) is 119 Å². The number of nitrogens with one attached hydrogen (secondary N) is 3. The number of anilines is 2. The lowest BCUT2D eigenvalue weighted by Gasteiger charge is -2.18. The first-order valence-corrected chi connectivity index (χ1v) is 21.0. The van der Waals surface area contributed by atoms with Crippen molar-refractivity contribution < 1.29 is 24.4 Å². The van der Waals surface area contributed by atoms with Gasteiger partial charge < -0.3 is 45.3 Å². The first kappa shape index (κ1) is 47.0. The van der Waals surface area contributed by atoms with Gasteiger partial charge in [-0.25, -0.2) is 19.9 Å². The van der Waals surface area contributed by atoms with Crippen LogP contribution in [0.4, 0.5) is 17.3 Å². The number of rotatable bonds is 21. The SMILES string of the molecule is CNCC(O)COc1cccc(-c2nc(NCCOC)cc(-c3cccc(C#[N+]c4cc(OCC(O)CNC)cc(-c5nc(-c6cccc(C#N)c6)cc(N(C)CCC#N)n5)c4)c3)n2)c1. The van der Waals surface area contributed by atoms with E-state index in [2.05, 4.69) is 34.2 Å². The van der Waals surface area contributed by atoms with Crippen LogP contribution in [-0.2, 0) is 4.74 Å². The summed E-state index contributed by atoms with van der Waals surface area (Å²) in [5, 5.41) is 48.8. The van der Waals surface area contributed by atoms with E-state index in [-0.39, 0.29) is 13.2 Å². The summed E-state index contributed by atoms with van der Waals surface area (Å²) in [7, 11) is 7.02. The molecule has 16 nitrogen and oxygen atoms in total. The van der Waals surface area contributed by atoms with E-state index in [0.717, 1.165) is 16.7 Å². The van der Waals surface area contributed by atoms with E-state index < -0.39 is 12.2 Å². The van der Waals surface area contributed by atoms with Crippen molar-refractivity contribution in [3.8, 4) is 75.0 Å². The minimum atomic E-state index is -0.769. The quantitative estimate of drug-likeness (QED) is 0.0514. The van der Waals surface area contributed by atoms with E-state index in [0.29, 0.717) is 108 Å². The summed E-state index contributed by atoms with van der Waals surface area (Å²) in [6, 6.07) is 38.9. The number of likely N-dealkylation sites (N-methyl/N-ethyl adjacent to an activating group) is 2. The fourth-order valence-electron chi connectivity index (χ4n) is 6.52. The third-order valence-electron chi connectivity index (χ3n) is 9.77. The zero-order valence-electron chi connectivity index (χ0n) is 36.8. The minimum absolute atomic E-state index is 0.0174. The van der Waals surface area contributed by atoms with Gasteiger partial charge in [-0.15, -0.1) is 0 Å². The van der Waals surface area contributed by atoms with E-state index in [1.165, 1.54) is 0 Å². The summed E-state index contributed by atoms with van der Waals surface area (Å²) in [6.45, 7) is 2.33. The second-order valence-electron chi connectivity index (χ2n) is 14.9. The van der Waals surface area contributed by atoms with Crippen LogP contribution in [0.15, 0.2) is 103 Å². The molecule has 0 aliphatic carbocycles. The zero-order valence-corrected chi connectivity index (χ0v) is 36.8. The number of aliphatic hydroxyl groups is 2. The Labute approximate surface area is 379 Å². The molecule has 6 rings (SSSR count). The van der Waals surface area contributed by atoms with Crippen molar-refractivity contribution in [2.24, 2.45) is 0 Å².